The molecule has 84 valence electrons. The highest BCUT2D eigenvalue weighted by atomic mass is 32.1. The first-order chi connectivity index (χ1) is 7.16. The number of hydrogen-bond donors (Lipinski definition) is 1. The highest BCUT2D eigenvalue weighted by Gasteiger charge is 2.20. The van der Waals surface area contributed by atoms with E-state index in [1.807, 2.05) is 11.3 Å². The molecule has 4 heteroatoms. The van der Waals surface area contributed by atoms with Crippen LogP contribution >= 0.6 is 11.3 Å². The van der Waals surface area contributed by atoms with Gasteiger partial charge in [-0.15, -0.1) is 11.3 Å². The third-order valence-corrected chi connectivity index (χ3v) is 4.17. The van der Waals surface area contributed by atoms with Gasteiger partial charge >= 0.3 is 0 Å². The number of likely N-dealkylation sites (N-methyl/N-ethyl adjacent to an activating group) is 1. The Bertz CT molecular complexity index is 309. The van der Waals surface area contributed by atoms with E-state index >= 15 is 0 Å². The van der Waals surface area contributed by atoms with Crippen LogP contribution in [0.5, 0.6) is 0 Å². The molecule has 15 heavy (non-hydrogen) atoms. The molecule has 1 aliphatic heterocycles. The van der Waals surface area contributed by atoms with Crippen LogP contribution in [0.3, 0.4) is 0 Å². The smallest absolute Gasteiger partial charge is 0.107 e. The predicted molar refractivity (Wildman–Crippen MR) is 64.3 cm³/mol. The van der Waals surface area contributed by atoms with E-state index in [0.29, 0.717) is 6.04 Å². The third-order valence-electron chi connectivity index (χ3n) is 3.12. The van der Waals surface area contributed by atoms with Crippen molar-refractivity contribution in [2.24, 2.45) is 0 Å². The van der Waals surface area contributed by atoms with E-state index in [0.717, 1.165) is 19.6 Å². The zero-order valence-corrected chi connectivity index (χ0v) is 10.5. The summed E-state index contributed by atoms with van der Waals surface area (Å²) >= 11 is 1.83. The SMILES string of the molecule is Cc1nc(CN(C)C2CCNC2)sc1C. The van der Waals surface area contributed by atoms with Crippen molar-refractivity contribution in [3.63, 3.8) is 0 Å². The summed E-state index contributed by atoms with van der Waals surface area (Å²) in [5, 5.41) is 4.65. The number of aryl methyl sites for hydroxylation is 2. The van der Waals surface area contributed by atoms with Gasteiger partial charge in [0.1, 0.15) is 5.01 Å². The second-order valence-electron chi connectivity index (χ2n) is 4.31. The fraction of sp³-hybridized carbons (Fsp3) is 0.727. The molecule has 0 spiro atoms. The van der Waals surface area contributed by atoms with Gasteiger partial charge in [-0.1, -0.05) is 0 Å². The first-order valence-electron chi connectivity index (χ1n) is 5.50. The minimum Gasteiger partial charge on any atom is -0.315 e. The summed E-state index contributed by atoms with van der Waals surface area (Å²) in [6.45, 7) is 7.51. The van der Waals surface area contributed by atoms with E-state index < -0.39 is 0 Å². The normalized spacial score (nSPS) is 21.5. The quantitative estimate of drug-likeness (QED) is 0.846. The molecule has 1 aliphatic rings. The highest BCUT2D eigenvalue weighted by Crippen LogP contribution is 2.19. The minimum atomic E-state index is 0.689. The van der Waals surface area contributed by atoms with Crippen LogP contribution in [0.4, 0.5) is 0 Å². The minimum absolute atomic E-state index is 0.689. The van der Waals surface area contributed by atoms with Crippen molar-refractivity contribution >= 4 is 11.3 Å². The summed E-state index contributed by atoms with van der Waals surface area (Å²) in [6, 6.07) is 0.689. The van der Waals surface area contributed by atoms with E-state index in [2.05, 4.69) is 36.1 Å². The molecule has 1 aromatic rings. The average Bonchev–Trinajstić information content (AvgIpc) is 2.77. The number of thiazole rings is 1. The second-order valence-corrected chi connectivity index (χ2v) is 5.60. The Morgan fingerprint density at radius 3 is 2.87 bits per heavy atom. The molecule has 1 atom stereocenters. The van der Waals surface area contributed by atoms with Crippen LogP contribution in [-0.2, 0) is 6.54 Å². The van der Waals surface area contributed by atoms with E-state index in [9.17, 15) is 0 Å². The summed E-state index contributed by atoms with van der Waals surface area (Å²) in [5.74, 6) is 0. The summed E-state index contributed by atoms with van der Waals surface area (Å²) in [5.41, 5.74) is 1.19. The molecule has 1 fully saturated rings. The average molecular weight is 225 g/mol. The maximum Gasteiger partial charge on any atom is 0.107 e. The number of nitrogens with one attached hydrogen (secondary N) is 1. The lowest BCUT2D eigenvalue weighted by molar-refractivity contribution is 0.248. The Labute approximate surface area is 95.5 Å². The van der Waals surface area contributed by atoms with Gasteiger partial charge in [-0.3, -0.25) is 4.90 Å². The van der Waals surface area contributed by atoms with Crippen molar-refractivity contribution < 1.29 is 0 Å². The molecule has 0 bridgehead atoms. The molecule has 0 aromatic carbocycles. The van der Waals surface area contributed by atoms with Gasteiger partial charge in [-0.2, -0.15) is 0 Å². The van der Waals surface area contributed by atoms with Crippen LogP contribution in [0.2, 0.25) is 0 Å². The van der Waals surface area contributed by atoms with Crippen LogP contribution in [-0.4, -0.2) is 36.1 Å². The summed E-state index contributed by atoms with van der Waals surface area (Å²) in [6.07, 6.45) is 1.26. The molecule has 1 N–H and O–H groups in total. The topological polar surface area (TPSA) is 28.2 Å². The fourth-order valence-corrected chi connectivity index (χ4v) is 2.96. The van der Waals surface area contributed by atoms with Crippen LogP contribution in [0, 0.1) is 13.8 Å². The van der Waals surface area contributed by atoms with Crippen LogP contribution in [0.25, 0.3) is 0 Å². The van der Waals surface area contributed by atoms with Crippen molar-refractivity contribution in [2.45, 2.75) is 32.9 Å². The monoisotopic (exact) mass is 225 g/mol. The molecule has 0 radical (unpaired) electrons. The number of nitrogens with zero attached hydrogens (tertiary/aromatic N) is 2. The molecule has 0 aliphatic carbocycles. The molecule has 1 unspecified atom stereocenters. The molecule has 1 aromatic heterocycles. The van der Waals surface area contributed by atoms with Gasteiger partial charge in [-0.05, 0) is 33.9 Å². The predicted octanol–water partition coefficient (Wildman–Crippen LogP) is 1.55. The van der Waals surface area contributed by atoms with Gasteiger partial charge in [0.05, 0.1) is 12.2 Å². The van der Waals surface area contributed by atoms with Crippen molar-refractivity contribution in [3.8, 4) is 0 Å². The number of aromatic nitrogens is 1. The van der Waals surface area contributed by atoms with Gasteiger partial charge < -0.3 is 5.32 Å². The molecule has 1 saturated heterocycles. The van der Waals surface area contributed by atoms with Crippen molar-refractivity contribution in [2.75, 3.05) is 20.1 Å². The zero-order chi connectivity index (χ0) is 10.8. The first-order valence-corrected chi connectivity index (χ1v) is 6.32. The second kappa shape index (κ2) is 4.60. The van der Waals surface area contributed by atoms with E-state index in [1.54, 1.807) is 0 Å². The summed E-state index contributed by atoms with van der Waals surface area (Å²) in [7, 11) is 2.20. The van der Waals surface area contributed by atoms with Gasteiger partial charge in [0.15, 0.2) is 0 Å². The van der Waals surface area contributed by atoms with Crippen molar-refractivity contribution in [1.82, 2.24) is 15.2 Å². The molecule has 0 saturated carbocycles. The van der Waals surface area contributed by atoms with Gasteiger partial charge in [0.25, 0.3) is 0 Å². The summed E-state index contributed by atoms with van der Waals surface area (Å²) < 4.78 is 0. The largest absolute Gasteiger partial charge is 0.315 e. The molecular weight excluding hydrogens is 206 g/mol. The Kier molecular flexibility index (Phi) is 3.38. The van der Waals surface area contributed by atoms with E-state index in [-0.39, 0.29) is 0 Å². The summed E-state index contributed by atoms with van der Waals surface area (Å²) in [4.78, 5) is 8.34. The maximum absolute atomic E-state index is 4.58. The van der Waals surface area contributed by atoms with Gasteiger partial charge in [-0.25, -0.2) is 4.98 Å². The standard InChI is InChI=1S/C11H19N3S/c1-8-9(2)15-11(13-8)7-14(3)10-4-5-12-6-10/h10,12H,4-7H2,1-3H3. The highest BCUT2D eigenvalue weighted by molar-refractivity contribution is 7.11. The molecule has 2 rings (SSSR count). The first kappa shape index (κ1) is 11.0. The van der Waals surface area contributed by atoms with Crippen molar-refractivity contribution in [1.29, 1.82) is 0 Å². The lowest BCUT2D eigenvalue weighted by atomic mass is 10.2. The van der Waals surface area contributed by atoms with Crippen LogP contribution in [0.15, 0.2) is 0 Å². The van der Waals surface area contributed by atoms with Crippen LogP contribution in [0.1, 0.15) is 22.0 Å². The molecular formula is C11H19N3S. The van der Waals surface area contributed by atoms with Crippen LogP contribution < -0.4 is 5.32 Å². The van der Waals surface area contributed by atoms with Gasteiger partial charge in [0.2, 0.25) is 0 Å². The van der Waals surface area contributed by atoms with Crippen molar-refractivity contribution in [3.05, 3.63) is 15.6 Å². The Balaban J connectivity index is 1.95. The third kappa shape index (κ3) is 2.56. The lowest BCUT2D eigenvalue weighted by Gasteiger charge is -2.21. The Hall–Kier alpha value is -0.450. The molecule has 0 amide bonds. The maximum atomic E-state index is 4.58. The van der Waals surface area contributed by atoms with E-state index in [1.165, 1.54) is 22.0 Å². The Morgan fingerprint density at radius 1 is 1.53 bits per heavy atom. The molecule has 2 heterocycles. The van der Waals surface area contributed by atoms with E-state index in [4.69, 9.17) is 0 Å². The lowest BCUT2D eigenvalue weighted by Crippen LogP contribution is -2.32. The Morgan fingerprint density at radius 2 is 2.33 bits per heavy atom. The zero-order valence-electron chi connectivity index (χ0n) is 9.71. The number of hydrogen-bond acceptors (Lipinski definition) is 4. The number of rotatable bonds is 3. The van der Waals surface area contributed by atoms with Gasteiger partial charge in [0, 0.05) is 17.5 Å². The molecule has 3 nitrogen and oxygen atoms in total. The fourth-order valence-electron chi connectivity index (χ4n) is 1.96.